The van der Waals surface area contributed by atoms with Crippen molar-refractivity contribution in [2.45, 2.75) is 32.9 Å². The van der Waals surface area contributed by atoms with Crippen LogP contribution in [-0.2, 0) is 11.3 Å². The van der Waals surface area contributed by atoms with Crippen LogP contribution in [0.15, 0.2) is 47.4 Å². The number of hydrogen-bond donors (Lipinski definition) is 1. The van der Waals surface area contributed by atoms with Crippen molar-refractivity contribution in [3.8, 4) is 0 Å². The van der Waals surface area contributed by atoms with E-state index in [0.717, 1.165) is 24.1 Å². The normalized spacial score (nSPS) is 12.6. The molecule has 2 heterocycles. The molecule has 0 aliphatic carbocycles. The van der Waals surface area contributed by atoms with Crippen LogP contribution in [0.4, 0.5) is 0 Å². The van der Waals surface area contributed by atoms with Crippen LogP contribution in [-0.4, -0.2) is 40.0 Å². The number of imidazole rings is 1. The molecule has 138 valence electrons. The molecule has 1 N–H and O–H groups in total. The summed E-state index contributed by atoms with van der Waals surface area (Å²) in [5.41, 5.74) is 3.31. The number of amides is 1. The maximum absolute atomic E-state index is 12.4. The average Bonchev–Trinajstić information content (AvgIpc) is 3.33. The molecular weight excluding hydrogens is 344 g/mol. The molecule has 3 aromatic rings. The Bertz CT molecular complexity index is 823. The predicted molar refractivity (Wildman–Crippen MR) is 107 cm³/mol. The van der Waals surface area contributed by atoms with Crippen LogP contribution in [0.1, 0.15) is 31.9 Å². The fraction of sp³-hybridized carbons (Fsp3) is 0.400. The van der Waals surface area contributed by atoms with Crippen LogP contribution in [0.25, 0.3) is 11.0 Å². The number of nitrogens with zero attached hydrogens (tertiary/aromatic N) is 3. The molecule has 2 aromatic heterocycles. The molecule has 6 heteroatoms. The highest BCUT2D eigenvalue weighted by Crippen LogP contribution is 2.22. The van der Waals surface area contributed by atoms with Gasteiger partial charge >= 0.3 is 0 Å². The Morgan fingerprint density at radius 1 is 1.27 bits per heavy atom. The second-order valence-electron chi connectivity index (χ2n) is 6.27. The molecule has 0 radical (unpaired) electrons. The number of carbonyl (C=O) groups is 1. The highest BCUT2D eigenvalue weighted by Gasteiger charge is 2.19. The van der Waals surface area contributed by atoms with Crippen molar-refractivity contribution in [2.24, 2.45) is 0 Å². The number of thiophene rings is 1. The van der Waals surface area contributed by atoms with Crippen molar-refractivity contribution in [2.75, 3.05) is 19.6 Å². The Morgan fingerprint density at radius 3 is 2.81 bits per heavy atom. The summed E-state index contributed by atoms with van der Waals surface area (Å²) in [6.45, 7) is 7.54. The zero-order valence-electron chi connectivity index (χ0n) is 15.4. The van der Waals surface area contributed by atoms with Gasteiger partial charge in [0.1, 0.15) is 0 Å². The summed E-state index contributed by atoms with van der Waals surface area (Å²) >= 11 is 1.70. The molecule has 0 bridgehead atoms. The first kappa shape index (κ1) is 18.6. The average molecular weight is 371 g/mol. The molecule has 1 unspecified atom stereocenters. The van der Waals surface area contributed by atoms with E-state index < -0.39 is 0 Å². The molecule has 0 fully saturated rings. The molecule has 0 aliphatic rings. The van der Waals surface area contributed by atoms with E-state index in [4.69, 9.17) is 0 Å². The number of rotatable bonds is 9. The molecule has 0 saturated heterocycles. The molecule has 1 aromatic carbocycles. The minimum Gasteiger partial charge on any atom is -0.354 e. The maximum atomic E-state index is 12.4. The van der Waals surface area contributed by atoms with Crippen molar-refractivity contribution in [1.82, 2.24) is 19.8 Å². The molecule has 3 rings (SSSR count). The third-order valence-corrected chi connectivity index (χ3v) is 5.48. The van der Waals surface area contributed by atoms with Gasteiger partial charge in [0.2, 0.25) is 5.91 Å². The zero-order valence-corrected chi connectivity index (χ0v) is 16.2. The molecule has 1 amide bonds. The monoisotopic (exact) mass is 370 g/mol. The van der Waals surface area contributed by atoms with E-state index in [9.17, 15) is 4.79 Å². The fourth-order valence-corrected chi connectivity index (χ4v) is 4.00. The smallest absolute Gasteiger partial charge is 0.221 e. The highest BCUT2D eigenvalue weighted by atomic mass is 32.1. The molecule has 5 nitrogen and oxygen atoms in total. The minimum atomic E-state index is 0.0789. The van der Waals surface area contributed by atoms with Gasteiger partial charge in [-0.3, -0.25) is 9.69 Å². The van der Waals surface area contributed by atoms with Crippen molar-refractivity contribution in [3.05, 3.63) is 53.0 Å². The third-order valence-electron chi connectivity index (χ3n) is 4.78. The molecule has 26 heavy (non-hydrogen) atoms. The van der Waals surface area contributed by atoms with Crippen LogP contribution in [0.2, 0.25) is 0 Å². The summed E-state index contributed by atoms with van der Waals surface area (Å²) in [7, 11) is 0. The van der Waals surface area contributed by atoms with E-state index in [-0.39, 0.29) is 11.9 Å². The lowest BCUT2D eigenvalue weighted by Crippen LogP contribution is -2.38. The van der Waals surface area contributed by atoms with Crippen molar-refractivity contribution < 1.29 is 4.79 Å². The van der Waals surface area contributed by atoms with E-state index in [1.807, 2.05) is 35.2 Å². The van der Waals surface area contributed by atoms with Crippen molar-refractivity contribution in [1.29, 1.82) is 0 Å². The first-order valence-electron chi connectivity index (χ1n) is 9.15. The van der Waals surface area contributed by atoms with Crippen LogP contribution in [0, 0.1) is 0 Å². The summed E-state index contributed by atoms with van der Waals surface area (Å²) in [5.74, 6) is 0.0789. The van der Waals surface area contributed by atoms with Gasteiger partial charge in [-0.1, -0.05) is 26.0 Å². The van der Waals surface area contributed by atoms with Gasteiger partial charge in [0.25, 0.3) is 0 Å². The second kappa shape index (κ2) is 8.96. The van der Waals surface area contributed by atoms with Crippen LogP contribution >= 0.6 is 11.3 Å². The minimum absolute atomic E-state index is 0.0789. The van der Waals surface area contributed by atoms with E-state index in [1.54, 1.807) is 11.3 Å². The summed E-state index contributed by atoms with van der Waals surface area (Å²) in [5, 5.41) is 7.39. The third kappa shape index (κ3) is 4.31. The Balaban J connectivity index is 1.56. The predicted octanol–water partition coefficient (Wildman–Crippen LogP) is 3.69. The lowest BCUT2D eigenvalue weighted by molar-refractivity contribution is -0.121. The van der Waals surface area contributed by atoms with Crippen LogP contribution < -0.4 is 5.32 Å². The lowest BCUT2D eigenvalue weighted by Gasteiger charge is -2.29. The number of benzene rings is 1. The van der Waals surface area contributed by atoms with Gasteiger partial charge in [-0.25, -0.2) is 4.98 Å². The SMILES string of the molecule is CCN(CC)C(CNC(=O)CCn1cnc2ccccc21)c1ccsc1. The zero-order chi connectivity index (χ0) is 18.4. The number of fused-ring (bicyclic) bond motifs is 1. The van der Waals surface area contributed by atoms with E-state index in [2.05, 4.69) is 45.9 Å². The van der Waals surface area contributed by atoms with Gasteiger partial charge in [-0.2, -0.15) is 11.3 Å². The Morgan fingerprint density at radius 2 is 2.08 bits per heavy atom. The summed E-state index contributed by atoms with van der Waals surface area (Å²) < 4.78 is 2.04. The number of aromatic nitrogens is 2. The van der Waals surface area contributed by atoms with Crippen molar-refractivity contribution >= 4 is 28.3 Å². The largest absolute Gasteiger partial charge is 0.354 e. The summed E-state index contributed by atoms with van der Waals surface area (Å²) in [6.07, 6.45) is 2.26. The number of hydrogen-bond acceptors (Lipinski definition) is 4. The first-order valence-corrected chi connectivity index (χ1v) is 10.1. The molecule has 0 aliphatic heterocycles. The van der Waals surface area contributed by atoms with E-state index in [1.165, 1.54) is 5.56 Å². The Kier molecular flexibility index (Phi) is 6.41. The van der Waals surface area contributed by atoms with Gasteiger partial charge in [0, 0.05) is 19.5 Å². The van der Waals surface area contributed by atoms with Crippen LogP contribution in [0.5, 0.6) is 0 Å². The number of likely N-dealkylation sites (N-methyl/N-ethyl adjacent to an activating group) is 1. The number of carbonyl (C=O) groups excluding carboxylic acids is 1. The highest BCUT2D eigenvalue weighted by molar-refractivity contribution is 7.07. The molecule has 1 atom stereocenters. The lowest BCUT2D eigenvalue weighted by atomic mass is 10.1. The van der Waals surface area contributed by atoms with Gasteiger partial charge in [0.05, 0.1) is 23.4 Å². The van der Waals surface area contributed by atoms with Gasteiger partial charge in [-0.15, -0.1) is 0 Å². The van der Waals surface area contributed by atoms with Crippen LogP contribution in [0.3, 0.4) is 0 Å². The molecule has 0 spiro atoms. The maximum Gasteiger partial charge on any atom is 0.221 e. The van der Waals surface area contributed by atoms with Gasteiger partial charge < -0.3 is 9.88 Å². The topological polar surface area (TPSA) is 50.2 Å². The van der Waals surface area contributed by atoms with Gasteiger partial charge in [-0.05, 0) is 47.6 Å². The number of nitrogens with one attached hydrogen (secondary N) is 1. The van der Waals surface area contributed by atoms with Gasteiger partial charge in [0.15, 0.2) is 0 Å². The van der Waals surface area contributed by atoms with E-state index >= 15 is 0 Å². The standard InChI is InChI=1S/C20H26N4OS/c1-3-23(4-2)19(16-10-12-26-14-16)13-21-20(25)9-11-24-15-22-17-7-5-6-8-18(17)24/h5-8,10,12,14-15,19H,3-4,9,11,13H2,1-2H3,(H,21,25). The quantitative estimate of drug-likeness (QED) is 0.625. The summed E-state index contributed by atoms with van der Waals surface area (Å²) in [6, 6.07) is 10.4. The molecule has 0 saturated carbocycles. The first-order chi connectivity index (χ1) is 12.7. The number of aryl methyl sites for hydroxylation is 1. The second-order valence-corrected chi connectivity index (χ2v) is 7.05. The molecular formula is C20H26N4OS. The van der Waals surface area contributed by atoms with Crippen molar-refractivity contribution in [3.63, 3.8) is 0 Å². The Hall–Kier alpha value is -2.18. The number of para-hydroxylation sites is 2. The Labute approximate surface area is 158 Å². The van der Waals surface area contributed by atoms with E-state index in [0.29, 0.717) is 19.5 Å². The fourth-order valence-electron chi connectivity index (χ4n) is 3.30. The summed E-state index contributed by atoms with van der Waals surface area (Å²) in [4.78, 5) is 19.1.